The molecule has 0 saturated carbocycles. The Kier molecular flexibility index (Phi) is 11.0. The van der Waals surface area contributed by atoms with Crippen LogP contribution in [0.5, 0.6) is 0 Å². The largest absolute Gasteiger partial charge is 0.454 e. The van der Waals surface area contributed by atoms with E-state index in [2.05, 4.69) is 231 Å². The van der Waals surface area contributed by atoms with Gasteiger partial charge >= 0.3 is 0 Å². The third-order valence-electron chi connectivity index (χ3n) is 18.3. The van der Waals surface area contributed by atoms with Crippen LogP contribution < -0.4 is 30.4 Å². The second-order valence-corrected chi connectivity index (χ2v) is 29.3. The third-order valence-corrected chi connectivity index (χ3v) is 19.5. The molecule has 2 aromatic heterocycles. The lowest BCUT2D eigenvalue weighted by Gasteiger charge is -2.44. The van der Waals surface area contributed by atoms with E-state index >= 15 is 0 Å². The van der Waals surface area contributed by atoms with Gasteiger partial charge < -0.3 is 19.1 Å². The zero-order valence-corrected chi connectivity index (χ0v) is 53.9. The molecule has 4 heterocycles. The first kappa shape index (κ1) is 46.7. The third kappa shape index (κ3) is 9.65. The van der Waals surface area contributed by atoms with E-state index in [9.17, 15) is 8.22 Å². The van der Waals surface area contributed by atoms with Gasteiger partial charge in [-0.25, -0.2) is 0 Å². The highest BCUT2D eigenvalue weighted by Crippen LogP contribution is 2.54. The maximum absolute atomic E-state index is 9.76. The molecule has 11 aromatic carbocycles. The molecule has 6 heteroatoms. The summed E-state index contributed by atoms with van der Waals surface area (Å²) in [5, 5.41) is 2.89. The molecule has 0 spiro atoms. The lowest BCUT2D eigenvalue weighted by Crippen LogP contribution is -2.60. The SMILES string of the molecule is [2H]c1c([2H])c([2H])c(-c2ccccc2N(c2ccc(C(C)(C)C)cc2)c2ccc3c(c2)N(c2cccc4c2oc2ccccc24)c2cc(-c4ccc(C(C)(C)C)cc4)cc4c2B3c2sc3ccc(C(C)(C)C)cc3c2N4c2ccc(C(C)(C)C)cc2-c2c([2H])c([2H])c([2H])c([2H])c2[2H])c([2H])c1[2H]. The Labute approximate surface area is 549 Å². The molecular weight excluding hydrogens is 1110 g/mol. The fourth-order valence-electron chi connectivity index (χ4n) is 13.4. The van der Waals surface area contributed by atoms with Gasteiger partial charge in [-0.3, -0.25) is 0 Å². The molecule has 2 aliphatic rings. The molecule has 0 bridgehead atoms. The molecule has 2 aliphatic heterocycles. The quantitative estimate of drug-likeness (QED) is 0.141. The molecule has 0 fully saturated rings. The Morgan fingerprint density at radius 1 is 0.411 bits per heavy atom. The molecule has 0 radical (unpaired) electrons. The van der Waals surface area contributed by atoms with E-state index < -0.39 is 48.4 Å². The van der Waals surface area contributed by atoms with Crippen LogP contribution in [0.1, 0.15) is 119 Å². The number of hydrogen-bond acceptors (Lipinski definition) is 5. The van der Waals surface area contributed by atoms with Crippen LogP contribution in [-0.4, -0.2) is 6.71 Å². The minimum Gasteiger partial charge on any atom is -0.454 e. The monoisotopic (exact) mass is 1200 g/mol. The molecular formula is C84H76BN3OS. The van der Waals surface area contributed by atoms with Gasteiger partial charge in [0.25, 0.3) is 6.71 Å². The zero-order valence-electron chi connectivity index (χ0n) is 63.1. The van der Waals surface area contributed by atoms with Gasteiger partial charge in [0.05, 0.1) is 36.5 Å². The summed E-state index contributed by atoms with van der Waals surface area (Å²) in [6, 6.07) is 59.7. The van der Waals surface area contributed by atoms with E-state index in [-0.39, 0.29) is 51.5 Å². The minimum absolute atomic E-state index is 0.0834. The average Bonchev–Trinajstić information content (AvgIpc) is 1.27. The van der Waals surface area contributed by atoms with Crippen LogP contribution in [0, 0.1) is 0 Å². The number of furan rings is 1. The molecule has 13 aromatic rings. The number of para-hydroxylation sites is 3. The summed E-state index contributed by atoms with van der Waals surface area (Å²) in [4.78, 5) is 6.82. The van der Waals surface area contributed by atoms with Crippen molar-refractivity contribution in [3.05, 3.63) is 265 Å². The Morgan fingerprint density at radius 3 is 1.66 bits per heavy atom. The Hall–Kier alpha value is -9.36. The van der Waals surface area contributed by atoms with Crippen molar-refractivity contribution in [2.75, 3.05) is 14.7 Å². The highest BCUT2D eigenvalue weighted by molar-refractivity contribution is 7.33. The molecule has 0 unspecified atom stereocenters. The topological polar surface area (TPSA) is 22.9 Å². The van der Waals surface area contributed by atoms with E-state index in [1.807, 2.05) is 48.5 Å². The zero-order chi connectivity index (χ0) is 70.9. The van der Waals surface area contributed by atoms with Gasteiger partial charge in [0.1, 0.15) is 5.58 Å². The summed E-state index contributed by atoms with van der Waals surface area (Å²) in [7, 11) is 0. The van der Waals surface area contributed by atoms with Crippen molar-refractivity contribution in [2.45, 2.75) is 105 Å². The van der Waals surface area contributed by atoms with Crippen molar-refractivity contribution >= 4 is 117 Å². The van der Waals surface area contributed by atoms with Crippen LogP contribution in [0.15, 0.2) is 247 Å². The van der Waals surface area contributed by atoms with Crippen molar-refractivity contribution < 1.29 is 18.1 Å². The highest BCUT2D eigenvalue weighted by Gasteiger charge is 2.47. The van der Waals surface area contributed by atoms with Gasteiger partial charge in [-0.1, -0.05) is 247 Å². The number of thiophene rings is 1. The van der Waals surface area contributed by atoms with Crippen molar-refractivity contribution in [1.29, 1.82) is 0 Å². The number of rotatable bonds is 8. The van der Waals surface area contributed by atoms with Gasteiger partial charge in [-0.2, -0.15) is 0 Å². The summed E-state index contributed by atoms with van der Waals surface area (Å²) in [6.45, 7) is 25.8. The van der Waals surface area contributed by atoms with Gasteiger partial charge in [-0.15, -0.1) is 11.3 Å². The van der Waals surface area contributed by atoms with Crippen LogP contribution in [0.25, 0.3) is 65.4 Å². The molecule has 0 amide bonds. The summed E-state index contributed by atoms with van der Waals surface area (Å²) in [6.07, 6.45) is 0. The minimum atomic E-state index is -0.469. The predicted octanol–water partition coefficient (Wildman–Crippen LogP) is 22.5. The maximum Gasteiger partial charge on any atom is 0.264 e. The van der Waals surface area contributed by atoms with E-state index in [0.29, 0.717) is 28.1 Å². The van der Waals surface area contributed by atoms with E-state index in [1.165, 1.54) is 5.56 Å². The molecule has 0 aliphatic carbocycles. The molecule has 442 valence electrons. The summed E-state index contributed by atoms with van der Waals surface area (Å²) in [5.41, 5.74) is 16.7. The number of fused-ring (bicyclic) bond motifs is 9. The molecule has 4 nitrogen and oxygen atoms in total. The maximum atomic E-state index is 9.76. The second kappa shape index (κ2) is 21.1. The lowest BCUT2D eigenvalue weighted by molar-refractivity contribution is 0.590. The van der Waals surface area contributed by atoms with Crippen LogP contribution >= 0.6 is 11.3 Å². The Balaban J connectivity index is 1.11. The summed E-state index contributed by atoms with van der Waals surface area (Å²) < 4.78 is 101. The van der Waals surface area contributed by atoms with Crippen molar-refractivity contribution in [2.24, 2.45) is 0 Å². The number of anilines is 9. The standard InChI is InChI=1S/C84H76BN3OS/c1-81(2,3)57-36-34-53(35-37-57)56-48-73-77-74(49-56)88(70-46-40-59(83(7,8)9)50-66(70)55-26-17-14-18-27-55)78-67-51-60(84(10,11)12)41-47-76(67)90-80(78)85(77)68-45-44-62(52-72(68)87(73)71-32-23-30-65-64-29-20-22-33-75(64)89-79(65)71)86(61-42-38-58(39-43-61)82(4,5)6)69-31-21-19-28-63(69)54-24-15-13-16-25-54/h13-52H,1-12H3/i13D,14D,15D,16D,17D,18D,24D,25D,26D,27D. The fraction of sp³-hybridized carbons (Fsp3) is 0.190. The first-order valence-corrected chi connectivity index (χ1v) is 31.9. The van der Waals surface area contributed by atoms with Gasteiger partial charge in [0.2, 0.25) is 0 Å². The lowest BCUT2D eigenvalue weighted by atomic mass is 9.36. The van der Waals surface area contributed by atoms with Crippen LogP contribution in [0.4, 0.5) is 51.2 Å². The molecule has 15 rings (SSSR count). The van der Waals surface area contributed by atoms with E-state index in [4.69, 9.17) is 9.90 Å². The van der Waals surface area contributed by atoms with Crippen molar-refractivity contribution in [3.63, 3.8) is 0 Å². The summed E-state index contributed by atoms with van der Waals surface area (Å²) in [5.74, 6) is 0. The van der Waals surface area contributed by atoms with Crippen molar-refractivity contribution in [1.82, 2.24) is 0 Å². The normalized spacial score (nSPS) is 14.8. The van der Waals surface area contributed by atoms with Gasteiger partial charge in [0, 0.05) is 65.2 Å². The van der Waals surface area contributed by atoms with Crippen LogP contribution in [0.3, 0.4) is 0 Å². The molecule has 0 atom stereocenters. The highest BCUT2D eigenvalue weighted by atomic mass is 32.1. The second-order valence-electron chi connectivity index (χ2n) is 28.3. The van der Waals surface area contributed by atoms with Gasteiger partial charge in [0.15, 0.2) is 5.58 Å². The van der Waals surface area contributed by atoms with Gasteiger partial charge in [-0.05, 0) is 156 Å². The van der Waals surface area contributed by atoms with Crippen molar-refractivity contribution in [3.8, 4) is 33.4 Å². The van der Waals surface area contributed by atoms with E-state index in [1.54, 1.807) is 11.3 Å². The Bertz CT molecular complexity index is 5520. The molecule has 90 heavy (non-hydrogen) atoms. The fourth-order valence-corrected chi connectivity index (χ4v) is 14.7. The van der Waals surface area contributed by atoms with Crippen LogP contribution in [-0.2, 0) is 21.7 Å². The number of benzene rings is 11. The molecule has 0 saturated heterocycles. The number of nitrogens with zero attached hydrogens (tertiary/aromatic N) is 3. The summed E-state index contributed by atoms with van der Waals surface area (Å²) >= 11 is 1.73. The van der Waals surface area contributed by atoms with Crippen LogP contribution in [0.2, 0.25) is 0 Å². The average molecular weight is 1200 g/mol. The first-order chi connectivity index (χ1) is 47.3. The van der Waals surface area contributed by atoms with E-state index in [0.717, 1.165) is 110 Å². The first-order valence-electron chi connectivity index (χ1n) is 36.1. The molecule has 0 N–H and O–H groups in total. The smallest absolute Gasteiger partial charge is 0.264 e. The Morgan fingerprint density at radius 2 is 0.978 bits per heavy atom. The number of hydrogen-bond donors (Lipinski definition) is 0. The predicted molar refractivity (Wildman–Crippen MR) is 389 cm³/mol.